The normalized spacial score (nSPS) is 16.3. The van der Waals surface area contributed by atoms with E-state index < -0.39 is 0 Å². The second kappa shape index (κ2) is 6.38. The third kappa shape index (κ3) is 3.45. The SMILES string of the molecule is COc1cccnc1NC(=O)CC1CCCCC1. The molecular formula is C14H20N2O2. The minimum atomic E-state index is 0.0406. The third-order valence-corrected chi connectivity index (χ3v) is 3.45. The maximum Gasteiger partial charge on any atom is 0.225 e. The van der Waals surface area contributed by atoms with E-state index in [-0.39, 0.29) is 5.91 Å². The molecule has 4 nitrogen and oxygen atoms in total. The summed E-state index contributed by atoms with van der Waals surface area (Å²) in [5.74, 6) is 1.70. The predicted octanol–water partition coefficient (Wildman–Crippen LogP) is 3.00. The number of carbonyl (C=O) groups excluding carboxylic acids is 1. The molecule has 0 radical (unpaired) electrons. The van der Waals surface area contributed by atoms with Crippen LogP contribution in [0, 0.1) is 5.92 Å². The molecule has 1 aromatic rings. The summed E-state index contributed by atoms with van der Waals surface area (Å²) >= 11 is 0. The van der Waals surface area contributed by atoms with Crippen molar-refractivity contribution in [2.24, 2.45) is 5.92 Å². The zero-order valence-electron chi connectivity index (χ0n) is 10.8. The maximum atomic E-state index is 11.9. The molecule has 4 heteroatoms. The number of hydrogen-bond acceptors (Lipinski definition) is 3. The van der Waals surface area contributed by atoms with Crippen molar-refractivity contribution < 1.29 is 9.53 Å². The van der Waals surface area contributed by atoms with Crippen LogP contribution >= 0.6 is 0 Å². The van der Waals surface area contributed by atoms with E-state index >= 15 is 0 Å². The lowest BCUT2D eigenvalue weighted by Gasteiger charge is -2.20. The summed E-state index contributed by atoms with van der Waals surface area (Å²) in [4.78, 5) is 16.1. The van der Waals surface area contributed by atoms with Gasteiger partial charge in [0.05, 0.1) is 7.11 Å². The number of pyridine rings is 1. The molecule has 0 saturated heterocycles. The first-order valence-electron chi connectivity index (χ1n) is 6.58. The Balaban J connectivity index is 1.90. The van der Waals surface area contributed by atoms with Gasteiger partial charge in [0, 0.05) is 12.6 Å². The van der Waals surface area contributed by atoms with Gasteiger partial charge in [-0.05, 0) is 30.9 Å². The molecule has 1 aromatic heterocycles. The molecule has 0 aliphatic heterocycles. The summed E-state index contributed by atoms with van der Waals surface area (Å²) in [6, 6.07) is 3.58. The van der Waals surface area contributed by atoms with Crippen molar-refractivity contribution >= 4 is 11.7 Å². The summed E-state index contributed by atoms with van der Waals surface area (Å²) in [6.07, 6.45) is 8.42. The standard InChI is InChI=1S/C14H20N2O2/c1-18-12-8-5-9-15-14(12)16-13(17)10-11-6-3-2-4-7-11/h5,8-9,11H,2-4,6-7,10H2,1H3,(H,15,16,17). The largest absolute Gasteiger partial charge is 0.493 e. The van der Waals surface area contributed by atoms with E-state index in [4.69, 9.17) is 4.74 Å². The fraction of sp³-hybridized carbons (Fsp3) is 0.571. The number of methoxy groups -OCH3 is 1. The molecule has 98 valence electrons. The van der Waals surface area contributed by atoms with Crippen LogP contribution in [-0.2, 0) is 4.79 Å². The highest BCUT2D eigenvalue weighted by molar-refractivity contribution is 5.91. The molecule has 1 aliphatic rings. The minimum Gasteiger partial charge on any atom is -0.493 e. The topological polar surface area (TPSA) is 51.2 Å². The average molecular weight is 248 g/mol. The highest BCUT2D eigenvalue weighted by atomic mass is 16.5. The van der Waals surface area contributed by atoms with E-state index in [2.05, 4.69) is 10.3 Å². The summed E-state index contributed by atoms with van der Waals surface area (Å²) < 4.78 is 5.16. The highest BCUT2D eigenvalue weighted by Crippen LogP contribution is 2.27. The van der Waals surface area contributed by atoms with Crippen molar-refractivity contribution in [1.29, 1.82) is 0 Å². The first-order chi connectivity index (χ1) is 8.79. The maximum absolute atomic E-state index is 11.9. The number of rotatable bonds is 4. The van der Waals surface area contributed by atoms with Crippen LogP contribution in [0.25, 0.3) is 0 Å². The fourth-order valence-electron chi connectivity index (χ4n) is 2.49. The van der Waals surface area contributed by atoms with Crippen LogP contribution in [0.5, 0.6) is 5.75 Å². The summed E-state index contributed by atoms with van der Waals surface area (Å²) in [5, 5.41) is 2.83. The Hall–Kier alpha value is -1.58. The second-order valence-electron chi connectivity index (χ2n) is 4.81. The average Bonchev–Trinajstić information content (AvgIpc) is 2.40. The van der Waals surface area contributed by atoms with Gasteiger partial charge in [0.1, 0.15) is 0 Å². The van der Waals surface area contributed by atoms with Crippen LogP contribution in [0.3, 0.4) is 0 Å². The van der Waals surface area contributed by atoms with E-state index in [0.717, 1.165) is 0 Å². The van der Waals surface area contributed by atoms with Crippen LogP contribution in [0.1, 0.15) is 38.5 Å². The molecule has 0 aromatic carbocycles. The second-order valence-corrected chi connectivity index (χ2v) is 4.81. The lowest BCUT2D eigenvalue weighted by atomic mass is 9.87. The first-order valence-corrected chi connectivity index (χ1v) is 6.58. The molecule has 1 fully saturated rings. The van der Waals surface area contributed by atoms with E-state index in [1.807, 2.05) is 0 Å². The van der Waals surface area contributed by atoms with E-state index in [1.54, 1.807) is 25.4 Å². The van der Waals surface area contributed by atoms with Crippen LogP contribution in [0.15, 0.2) is 18.3 Å². The van der Waals surface area contributed by atoms with Crippen molar-refractivity contribution in [3.8, 4) is 5.75 Å². The fourth-order valence-corrected chi connectivity index (χ4v) is 2.49. The van der Waals surface area contributed by atoms with Crippen LogP contribution < -0.4 is 10.1 Å². The van der Waals surface area contributed by atoms with Gasteiger partial charge in [-0.1, -0.05) is 19.3 Å². The molecule has 0 bridgehead atoms. The first kappa shape index (κ1) is 12.9. The van der Waals surface area contributed by atoms with Crippen LogP contribution in [0.2, 0.25) is 0 Å². The van der Waals surface area contributed by atoms with Gasteiger partial charge in [-0.3, -0.25) is 4.79 Å². The summed E-state index contributed by atoms with van der Waals surface area (Å²) in [5.41, 5.74) is 0. The third-order valence-electron chi connectivity index (χ3n) is 3.45. The Morgan fingerprint density at radius 2 is 2.22 bits per heavy atom. The van der Waals surface area contributed by atoms with E-state index in [9.17, 15) is 4.79 Å². The Morgan fingerprint density at radius 3 is 2.94 bits per heavy atom. The number of nitrogens with zero attached hydrogens (tertiary/aromatic N) is 1. The van der Waals surface area contributed by atoms with Gasteiger partial charge in [0.2, 0.25) is 5.91 Å². The summed E-state index contributed by atoms with van der Waals surface area (Å²) in [6.45, 7) is 0. The molecule has 0 spiro atoms. The molecule has 1 aliphatic carbocycles. The van der Waals surface area contributed by atoms with Gasteiger partial charge in [-0.15, -0.1) is 0 Å². The smallest absolute Gasteiger partial charge is 0.225 e. The van der Waals surface area contributed by atoms with Crippen LogP contribution in [-0.4, -0.2) is 18.0 Å². The molecule has 0 atom stereocenters. The number of ether oxygens (including phenoxy) is 1. The van der Waals surface area contributed by atoms with Crippen molar-refractivity contribution in [3.05, 3.63) is 18.3 Å². The zero-order chi connectivity index (χ0) is 12.8. The van der Waals surface area contributed by atoms with Gasteiger partial charge in [0.25, 0.3) is 0 Å². The number of carbonyl (C=O) groups is 1. The molecule has 1 saturated carbocycles. The Morgan fingerprint density at radius 1 is 1.44 bits per heavy atom. The van der Waals surface area contributed by atoms with Crippen molar-refractivity contribution in [1.82, 2.24) is 4.98 Å². The number of nitrogens with one attached hydrogen (secondary N) is 1. The molecule has 1 heterocycles. The van der Waals surface area contributed by atoms with Crippen molar-refractivity contribution in [2.75, 3.05) is 12.4 Å². The highest BCUT2D eigenvalue weighted by Gasteiger charge is 2.18. The molecule has 0 unspecified atom stereocenters. The number of hydrogen-bond donors (Lipinski definition) is 1. The Kier molecular flexibility index (Phi) is 4.56. The summed E-state index contributed by atoms with van der Waals surface area (Å²) in [7, 11) is 1.58. The van der Waals surface area contributed by atoms with Crippen LogP contribution in [0.4, 0.5) is 5.82 Å². The molecule has 1 N–H and O–H groups in total. The lowest BCUT2D eigenvalue weighted by Crippen LogP contribution is -2.19. The number of amides is 1. The van der Waals surface area contributed by atoms with E-state index in [1.165, 1.54) is 32.1 Å². The predicted molar refractivity (Wildman–Crippen MR) is 70.6 cm³/mol. The minimum absolute atomic E-state index is 0.0406. The van der Waals surface area contributed by atoms with Gasteiger partial charge >= 0.3 is 0 Å². The van der Waals surface area contributed by atoms with Gasteiger partial charge in [-0.2, -0.15) is 0 Å². The van der Waals surface area contributed by atoms with Crippen molar-refractivity contribution in [2.45, 2.75) is 38.5 Å². The zero-order valence-corrected chi connectivity index (χ0v) is 10.8. The van der Waals surface area contributed by atoms with Gasteiger partial charge in [-0.25, -0.2) is 4.98 Å². The number of anilines is 1. The van der Waals surface area contributed by atoms with Gasteiger partial charge in [0.15, 0.2) is 11.6 Å². The molecular weight excluding hydrogens is 228 g/mol. The van der Waals surface area contributed by atoms with Crippen molar-refractivity contribution in [3.63, 3.8) is 0 Å². The Labute approximate surface area is 108 Å². The monoisotopic (exact) mass is 248 g/mol. The lowest BCUT2D eigenvalue weighted by molar-refractivity contribution is -0.117. The van der Waals surface area contributed by atoms with Gasteiger partial charge < -0.3 is 10.1 Å². The Bertz CT molecular complexity index is 401. The molecule has 2 rings (SSSR count). The quantitative estimate of drug-likeness (QED) is 0.891. The molecule has 1 amide bonds. The number of aromatic nitrogens is 1. The molecule has 18 heavy (non-hydrogen) atoms. The van der Waals surface area contributed by atoms with E-state index in [0.29, 0.717) is 23.9 Å².